The van der Waals surface area contributed by atoms with Crippen LogP contribution >= 0.6 is 0 Å². The van der Waals surface area contributed by atoms with Crippen LogP contribution in [-0.2, 0) is 9.84 Å². The van der Waals surface area contributed by atoms with Gasteiger partial charge in [-0.1, -0.05) is 0 Å². The van der Waals surface area contributed by atoms with Crippen LogP contribution < -0.4 is 20.3 Å². The van der Waals surface area contributed by atoms with E-state index in [1.54, 1.807) is 48.5 Å². The van der Waals surface area contributed by atoms with Crippen LogP contribution in [-0.4, -0.2) is 45.9 Å². The number of nitrogens with one attached hydrogen (secondary N) is 2. The third-order valence-corrected chi connectivity index (χ3v) is 7.78. The Morgan fingerprint density at radius 3 is 1.28 bits per heavy atom. The van der Waals surface area contributed by atoms with Crippen LogP contribution in [0.2, 0.25) is 0 Å². The molecule has 10 nitrogen and oxygen atoms in total. The van der Waals surface area contributed by atoms with Crippen LogP contribution in [0, 0.1) is 0 Å². The van der Waals surface area contributed by atoms with Crippen molar-refractivity contribution in [1.82, 2.24) is 10.9 Å². The van der Waals surface area contributed by atoms with E-state index >= 15 is 0 Å². The molecule has 0 saturated heterocycles. The first kappa shape index (κ1) is 30.7. The molecule has 0 aliphatic rings. The number of ether oxygens (including phenoxy) is 2. The molecular weight excluding hydrogens is 568 g/mol. The second kappa shape index (κ2) is 14.6. The van der Waals surface area contributed by atoms with Crippen LogP contribution in [0.3, 0.4) is 0 Å². The molecule has 0 aliphatic carbocycles. The summed E-state index contributed by atoms with van der Waals surface area (Å²) in [7, 11) is -3.89. The zero-order valence-corrected chi connectivity index (χ0v) is 24.4. The fourth-order valence-electron chi connectivity index (χ4n) is 3.80. The van der Waals surface area contributed by atoms with Gasteiger partial charge in [-0.25, -0.2) is 19.3 Å². The summed E-state index contributed by atoms with van der Waals surface area (Å²) < 4.78 is 37.0. The molecule has 0 radical (unpaired) electrons. The average molecular weight is 599 g/mol. The first-order valence-electron chi connectivity index (χ1n) is 13.4. The molecule has 0 fully saturated rings. The highest BCUT2D eigenvalue weighted by atomic mass is 32.2. The quantitative estimate of drug-likeness (QED) is 0.177. The number of hydrogen-bond acceptors (Lipinski definition) is 8. The van der Waals surface area contributed by atoms with Crippen molar-refractivity contribution in [3.8, 4) is 11.5 Å². The molecule has 0 saturated carbocycles. The van der Waals surface area contributed by atoms with E-state index in [1.165, 1.54) is 61.0 Å². The number of carbonyl (C=O) groups excluding carboxylic acids is 2. The van der Waals surface area contributed by atoms with E-state index in [2.05, 4.69) is 21.1 Å². The van der Waals surface area contributed by atoms with Gasteiger partial charge in [-0.05, 0) is 122 Å². The number of hydrogen-bond donors (Lipinski definition) is 2. The normalized spacial score (nSPS) is 11.4. The van der Waals surface area contributed by atoms with E-state index in [1.807, 2.05) is 13.8 Å². The van der Waals surface area contributed by atoms with Gasteiger partial charge in [0.15, 0.2) is 0 Å². The predicted octanol–water partition coefficient (Wildman–Crippen LogP) is 4.84. The minimum Gasteiger partial charge on any atom is -0.494 e. The van der Waals surface area contributed by atoms with Gasteiger partial charge in [-0.15, -0.1) is 0 Å². The molecule has 43 heavy (non-hydrogen) atoms. The van der Waals surface area contributed by atoms with Crippen molar-refractivity contribution in [3.05, 3.63) is 119 Å². The maximum Gasteiger partial charge on any atom is 0.271 e. The van der Waals surface area contributed by atoms with Crippen molar-refractivity contribution in [1.29, 1.82) is 0 Å². The highest BCUT2D eigenvalue weighted by Gasteiger charge is 2.19. The summed E-state index contributed by atoms with van der Waals surface area (Å²) >= 11 is 0. The van der Waals surface area contributed by atoms with Crippen molar-refractivity contribution in [2.24, 2.45) is 10.2 Å². The van der Waals surface area contributed by atoms with Crippen LogP contribution in [0.25, 0.3) is 0 Å². The lowest BCUT2D eigenvalue weighted by Crippen LogP contribution is -2.18. The molecule has 220 valence electrons. The average Bonchev–Trinajstić information content (AvgIpc) is 3.03. The topological polar surface area (TPSA) is 136 Å². The van der Waals surface area contributed by atoms with Crippen LogP contribution in [0.5, 0.6) is 11.5 Å². The highest BCUT2D eigenvalue weighted by molar-refractivity contribution is 7.91. The van der Waals surface area contributed by atoms with E-state index in [0.717, 1.165) is 22.6 Å². The predicted molar refractivity (Wildman–Crippen MR) is 164 cm³/mol. The lowest BCUT2D eigenvalue weighted by Gasteiger charge is -2.07. The molecule has 0 unspecified atom stereocenters. The molecule has 0 spiro atoms. The molecule has 0 aromatic heterocycles. The monoisotopic (exact) mass is 598 g/mol. The molecule has 0 aliphatic heterocycles. The maximum absolute atomic E-state index is 13.1. The van der Waals surface area contributed by atoms with Gasteiger partial charge >= 0.3 is 0 Å². The number of carbonyl (C=O) groups is 2. The summed E-state index contributed by atoms with van der Waals surface area (Å²) in [5.41, 5.74) is 6.85. The van der Waals surface area contributed by atoms with Gasteiger partial charge in [0.2, 0.25) is 9.84 Å². The van der Waals surface area contributed by atoms with Crippen LogP contribution in [0.15, 0.2) is 117 Å². The van der Waals surface area contributed by atoms with Crippen LogP contribution in [0.1, 0.15) is 45.7 Å². The lowest BCUT2D eigenvalue weighted by atomic mass is 10.2. The Morgan fingerprint density at radius 1 is 0.605 bits per heavy atom. The van der Waals surface area contributed by atoms with Gasteiger partial charge in [-0.2, -0.15) is 10.2 Å². The standard InChI is InChI=1S/C32H30N4O6S/c1-3-41-27-13-5-23(6-14-27)21-33-35-31(37)25-9-17-29(18-10-25)43(39,40)30-19-11-26(12-20-30)32(38)36-34-22-24-7-15-28(16-8-24)42-4-2/h5-22H,3-4H2,1-2H3,(H,35,37)(H,36,38)/b33-21+,34-22+. The fraction of sp³-hybridized carbons (Fsp3) is 0.125. The molecular formula is C32H30N4O6S. The Labute approximate surface area is 250 Å². The third kappa shape index (κ3) is 8.37. The number of hydrazone groups is 2. The molecule has 4 aromatic rings. The number of sulfone groups is 1. The van der Waals surface area contributed by atoms with Gasteiger partial charge in [0.1, 0.15) is 11.5 Å². The fourth-order valence-corrected chi connectivity index (χ4v) is 5.06. The minimum atomic E-state index is -3.89. The highest BCUT2D eigenvalue weighted by Crippen LogP contribution is 2.22. The molecule has 2 N–H and O–H groups in total. The number of amides is 2. The molecule has 2 amide bonds. The zero-order chi connectivity index (χ0) is 30.7. The number of nitrogens with zero attached hydrogens (tertiary/aromatic N) is 2. The van der Waals surface area contributed by atoms with Gasteiger partial charge in [0.05, 0.1) is 35.4 Å². The summed E-state index contributed by atoms with van der Waals surface area (Å²) in [6.07, 6.45) is 2.98. The van der Waals surface area contributed by atoms with Crippen molar-refractivity contribution in [2.45, 2.75) is 23.6 Å². The maximum atomic E-state index is 13.1. The van der Waals surface area contributed by atoms with Gasteiger partial charge in [0, 0.05) is 11.1 Å². The van der Waals surface area contributed by atoms with Gasteiger partial charge in [0.25, 0.3) is 11.8 Å². The summed E-state index contributed by atoms with van der Waals surface area (Å²) in [6, 6.07) is 25.4. The van der Waals surface area contributed by atoms with Crippen molar-refractivity contribution < 1.29 is 27.5 Å². The van der Waals surface area contributed by atoms with E-state index in [0.29, 0.717) is 13.2 Å². The Morgan fingerprint density at radius 2 is 0.953 bits per heavy atom. The smallest absolute Gasteiger partial charge is 0.271 e. The summed E-state index contributed by atoms with van der Waals surface area (Å²) in [5.74, 6) is 0.488. The molecule has 11 heteroatoms. The molecule has 0 bridgehead atoms. The Bertz CT molecular complexity index is 1580. The molecule has 4 aromatic carbocycles. The Hall–Kier alpha value is -5.29. The molecule has 0 heterocycles. The first-order valence-corrected chi connectivity index (χ1v) is 14.9. The molecule has 4 rings (SSSR count). The largest absolute Gasteiger partial charge is 0.494 e. The van der Waals surface area contributed by atoms with Crippen molar-refractivity contribution in [3.63, 3.8) is 0 Å². The molecule has 0 atom stereocenters. The van der Waals surface area contributed by atoms with Crippen molar-refractivity contribution in [2.75, 3.05) is 13.2 Å². The number of benzene rings is 4. The van der Waals surface area contributed by atoms with Crippen molar-refractivity contribution >= 4 is 34.1 Å². The Kier molecular flexibility index (Phi) is 10.4. The van der Waals surface area contributed by atoms with E-state index in [-0.39, 0.29) is 20.9 Å². The van der Waals surface area contributed by atoms with E-state index < -0.39 is 21.7 Å². The minimum absolute atomic E-state index is 0.000837. The number of rotatable bonds is 12. The van der Waals surface area contributed by atoms with E-state index in [9.17, 15) is 18.0 Å². The summed E-state index contributed by atoms with van der Waals surface area (Å²) in [6.45, 7) is 4.93. The summed E-state index contributed by atoms with van der Waals surface area (Å²) in [5, 5.41) is 7.90. The first-order chi connectivity index (χ1) is 20.8. The van der Waals surface area contributed by atoms with Gasteiger partial charge < -0.3 is 9.47 Å². The summed E-state index contributed by atoms with van der Waals surface area (Å²) in [4.78, 5) is 24.9. The van der Waals surface area contributed by atoms with Crippen LogP contribution in [0.4, 0.5) is 0 Å². The second-order valence-electron chi connectivity index (χ2n) is 8.95. The lowest BCUT2D eigenvalue weighted by molar-refractivity contribution is 0.0947. The SMILES string of the molecule is CCOc1ccc(/C=N/NC(=O)c2ccc(S(=O)(=O)c3ccc(C(=O)N/N=C/c4ccc(OCC)cc4)cc3)cc2)cc1. The zero-order valence-electron chi connectivity index (χ0n) is 23.6. The van der Waals surface area contributed by atoms with E-state index in [4.69, 9.17) is 9.47 Å². The van der Waals surface area contributed by atoms with Gasteiger partial charge in [-0.3, -0.25) is 9.59 Å². The Balaban J connectivity index is 1.33. The second-order valence-corrected chi connectivity index (χ2v) is 10.9. The third-order valence-electron chi connectivity index (χ3n) is 6.00.